The topological polar surface area (TPSA) is 47.8 Å². The Morgan fingerprint density at radius 2 is 1.93 bits per heavy atom. The summed E-state index contributed by atoms with van der Waals surface area (Å²) in [7, 11) is 2.10. The maximum Gasteiger partial charge on any atom is 0.0900 e. The summed E-state index contributed by atoms with van der Waals surface area (Å²) >= 11 is 0. The van der Waals surface area contributed by atoms with Crippen molar-refractivity contribution in [2.75, 3.05) is 39.8 Å². The van der Waals surface area contributed by atoms with Gasteiger partial charge in [0.25, 0.3) is 0 Å². The third-order valence-corrected chi connectivity index (χ3v) is 2.94. The molecule has 1 rings (SSSR count). The Bertz CT molecular complexity index is 208. The first-order chi connectivity index (χ1) is 6.42. The number of carboxylic acid groups (broad SMARTS) is 1. The van der Waals surface area contributed by atoms with Crippen LogP contribution in [0.25, 0.3) is 0 Å². The van der Waals surface area contributed by atoms with E-state index in [1.807, 2.05) is 0 Å². The van der Waals surface area contributed by atoms with Crippen LogP contribution in [-0.4, -0.2) is 50.6 Å². The number of carbonyl (C=O) groups is 1. The van der Waals surface area contributed by atoms with Crippen LogP contribution in [0.5, 0.6) is 0 Å². The van der Waals surface area contributed by atoms with Crippen molar-refractivity contribution in [2.24, 2.45) is 5.41 Å². The van der Waals surface area contributed by atoms with E-state index in [0.717, 1.165) is 26.2 Å². The Hall–Kier alpha value is -0.610. The van der Waals surface area contributed by atoms with Gasteiger partial charge in [-0.25, -0.2) is 0 Å². The number of hydrogen-bond acceptors (Lipinski definition) is 3. The molecule has 1 N–H and O–H groups in total. The molecule has 1 aliphatic heterocycles. The molecule has 1 heterocycles. The Kier molecular flexibility index (Phi) is 3.50. The van der Waals surface area contributed by atoms with Crippen molar-refractivity contribution < 1.29 is 14.8 Å². The van der Waals surface area contributed by atoms with Crippen LogP contribution < -0.4 is 10.0 Å². The van der Waals surface area contributed by atoms with Gasteiger partial charge in [0.15, 0.2) is 0 Å². The molecule has 0 radical (unpaired) electrons. The number of quaternary nitrogens is 1. The van der Waals surface area contributed by atoms with E-state index in [4.69, 9.17) is 0 Å². The van der Waals surface area contributed by atoms with Gasteiger partial charge in [-0.05, 0) is 20.9 Å². The molecule has 0 bridgehead atoms. The van der Waals surface area contributed by atoms with Crippen LogP contribution in [0.4, 0.5) is 0 Å². The maximum absolute atomic E-state index is 10.8. The number of rotatable bonds is 3. The smallest absolute Gasteiger partial charge is 0.0900 e. The zero-order valence-electron chi connectivity index (χ0n) is 9.30. The van der Waals surface area contributed by atoms with Crippen molar-refractivity contribution in [3.05, 3.63) is 0 Å². The summed E-state index contributed by atoms with van der Waals surface area (Å²) in [6, 6.07) is 0. The molecule has 1 saturated heterocycles. The highest BCUT2D eigenvalue weighted by Gasteiger charge is 2.28. The summed E-state index contributed by atoms with van der Waals surface area (Å²) in [5, 5.41) is 10.8. The van der Waals surface area contributed by atoms with Gasteiger partial charge in [-0.1, -0.05) is 0 Å². The third-order valence-electron chi connectivity index (χ3n) is 2.94. The lowest BCUT2D eigenvalue weighted by Gasteiger charge is -2.35. The van der Waals surface area contributed by atoms with Crippen molar-refractivity contribution in [1.82, 2.24) is 4.90 Å². The Balaban J connectivity index is 2.41. The van der Waals surface area contributed by atoms with Crippen LogP contribution in [0, 0.1) is 5.41 Å². The summed E-state index contributed by atoms with van der Waals surface area (Å²) in [5.74, 6) is -0.941. The predicted octanol–water partition coefficient (Wildman–Crippen LogP) is -2.41. The van der Waals surface area contributed by atoms with E-state index in [-0.39, 0.29) is 0 Å². The molecule has 1 aliphatic rings. The number of aliphatic carboxylic acids is 1. The van der Waals surface area contributed by atoms with Gasteiger partial charge in [0, 0.05) is 13.1 Å². The number of hydrogen-bond donors (Lipinski definition) is 1. The molecule has 1 fully saturated rings. The number of likely N-dealkylation sites (N-methyl/N-ethyl adjacent to an activating group) is 1. The van der Waals surface area contributed by atoms with Crippen LogP contribution in [0.2, 0.25) is 0 Å². The zero-order valence-corrected chi connectivity index (χ0v) is 9.30. The minimum absolute atomic E-state index is 0.670. The van der Waals surface area contributed by atoms with E-state index in [2.05, 4.69) is 11.9 Å². The number of carboxylic acids is 1. The Labute approximate surface area is 85.5 Å². The second-order valence-corrected chi connectivity index (χ2v) is 4.90. The first-order valence-electron chi connectivity index (χ1n) is 5.15. The fourth-order valence-corrected chi connectivity index (χ4v) is 1.81. The molecule has 0 saturated carbocycles. The average Bonchev–Trinajstić information content (AvgIpc) is 2.08. The average molecular weight is 200 g/mol. The van der Waals surface area contributed by atoms with Crippen LogP contribution in [0.15, 0.2) is 0 Å². The minimum Gasteiger partial charge on any atom is -0.549 e. The lowest BCUT2D eigenvalue weighted by atomic mass is 9.93. The second kappa shape index (κ2) is 4.28. The van der Waals surface area contributed by atoms with E-state index >= 15 is 0 Å². The monoisotopic (exact) mass is 200 g/mol. The largest absolute Gasteiger partial charge is 0.549 e. The van der Waals surface area contributed by atoms with Crippen molar-refractivity contribution in [3.63, 3.8) is 0 Å². The van der Waals surface area contributed by atoms with Gasteiger partial charge in [0.2, 0.25) is 0 Å². The standard InChI is InChI=1S/C10H20N2O2/c1-10(2,9(13)14)8-12-6-4-11(3)5-7-12/h4-8H2,1-3H3,(H,13,14). The summed E-state index contributed by atoms with van der Waals surface area (Å²) < 4.78 is 0. The van der Waals surface area contributed by atoms with Gasteiger partial charge >= 0.3 is 0 Å². The van der Waals surface area contributed by atoms with Gasteiger partial charge in [-0.15, -0.1) is 0 Å². The van der Waals surface area contributed by atoms with Gasteiger partial charge in [-0.2, -0.15) is 0 Å². The van der Waals surface area contributed by atoms with Crippen molar-refractivity contribution in [1.29, 1.82) is 0 Å². The molecule has 0 aromatic carbocycles. The van der Waals surface area contributed by atoms with Gasteiger partial charge in [0.1, 0.15) is 0 Å². The molecule has 0 aromatic heterocycles. The molecule has 0 spiro atoms. The summed E-state index contributed by atoms with van der Waals surface area (Å²) in [4.78, 5) is 14.5. The van der Waals surface area contributed by atoms with Gasteiger partial charge in [0.05, 0.1) is 31.0 Å². The van der Waals surface area contributed by atoms with E-state index < -0.39 is 11.4 Å². The molecule has 4 nitrogen and oxygen atoms in total. The second-order valence-electron chi connectivity index (χ2n) is 4.90. The molecular weight excluding hydrogens is 180 g/mol. The fraction of sp³-hybridized carbons (Fsp3) is 0.900. The molecular formula is C10H20N2O2. The van der Waals surface area contributed by atoms with E-state index in [1.165, 1.54) is 4.90 Å². The predicted molar refractivity (Wildman–Crippen MR) is 51.8 cm³/mol. The SMILES string of the molecule is CN1CC[NH+](CC(C)(C)C(=O)[O-])CC1. The van der Waals surface area contributed by atoms with Crippen molar-refractivity contribution in [3.8, 4) is 0 Å². The minimum atomic E-state index is -0.941. The van der Waals surface area contributed by atoms with E-state index in [1.54, 1.807) is 13.8 Å². The maximum atomic E-state index is 10.8. The molecule has 0 aliphatic carbocycles. The first-order valence-corrected chi connectivity index (χ1v) is 5.15. The fourth-order valence-electron chi connectivity index (χ4n) is 1.81. The van der Waals surface area contributed by atoms with Crippen molar-refractivity contribution in [2.45, 2.75) is 13.8 Å². The van der Waals surface area contributed by atoms with Gasteiger partial charge < -0.3 is 14.8 Å². The van der Waals surface area contributed by atoms with E-state index in [9.17, 15) is 9.90 Å². The number of piperazine rings is 1. The molecule has 4 heteroatoms. The molecule has 0 unspecified atom stereocenters. The Morgan fingerprint density at radius 1 is 1.43 bits per heavy atom. The van der Waals surface area contributed by atoms with Crippen LogP contribution in [-0.2, 0) is 4.79 Å². The quantitative estimate of drug-likeness (QED) is 0.552. The summed E-state index contributed by atoms with van der Waals surface area (Å²) in [6.45, 7) is 8.34. The van der Waals surface area contributed by atoms with Crippen LogP contribution in [0.3, 0.4) is 0 Å². The van der Waals surface area contributed by atoms with Crippen LogP contribution >= 0.6 is 0 Å². The summed E-state index contributed by atoms with van der Waals surface area (Å²) in [6.07, 6.45) is 0. The molecule has 82 valence electrons. The highest BCUT2D eigenvalue weighted by molar-refractivity contribution is 5.71. The molecule has 14 heavy (non-hydrogen) atoms. The Morgan fingerprint density at radius 3 is 2.36 bits per heavy atom. The van der Waals surface area contributed by atoms with E-state index in [0.29, 0.717) is 6.54 Å². The number of nitrogens with one attached hydrogen (secondary N) is 1. The number of carbonyl (C=O) groups excluding carboxylic acids is 1. The number of nitrogens with zero attached hydrogens (tertiary/aromatic N) is 1. The molecule has 0 atom stereocenters. The highest BCUT2D eigenvalue weighted by atomic mass is 16.4. The first kappa shape index (κ1) is 11.5. The normalized spacial score (nSPS) is 21.1. The van der Waals surface area contributed by atoms with Crippen LogP contribution in [0.1, 0.15) is 13.8 Å². The molecule has 0 amide bonds. The molecule has 0 aromatic rings. The van der Waals surface area contributed by atoms with Gasteiger partial charge in [-0.3, -0.25) is 4.90 Å². The summed E-state index contributed by atoms with van der Waals surface area (Å²) in [5.41, 5.74) is -0.703. The highest BCUT2D eigenvalue weighted by Crippen LogP contribution is 2.09. The van der Waals surface area contributed by atoms with Crippen molar-refractivity contribution >= 4 is 5.97 Å². The third kappa shape index (κ3) is 2.96. The lowest BCUT2D eigenvalue weighted by Crippen LogP contribution is -3.16. The lowest BCUT2D eigenvalue weighted by molar-refractivity contribution is -0.909. The zero-order chi connectivity index (χ0) is 10.8.